The number of ether oxygens (including phenoxy) is 1. The molecule has 3 rings (SSSR count). The molecule has 2 heterocycles. The summed E-state index contributed by atoms with van der Waals surface area (Å²) in [5.41, 5.74) is 5.71. The standard InChI is InChI=1S/C25H36ClN5O5/c1-5-6-17(20(32)23(34)29-15-8-9-15)30-22(33)18-11-16(36-19-10-7-14(26)12-28-19)13-31(18)24(35)21(27)25(2,3)4/h7,10,12,15-18,21H,5-6,8-9,11,13,27H2,1-4H3,(H,29,34)(H,30,33)/t16?,17-,18?,21?/m1/s1. The number of pyridine rings is 1. The molecule has 0 spiro atoms. The summed E-state index contributed by atoms with van der Waals surface area (Å²) < 4.78 is 5.93. The number of nitrogens with two attached hydrogens (primary N) is 1. The smallest absolute Gasteiger partial charge is 0.289 e. The van der Waals surface area contributed by atoms with Crippen LogP contribution in [0.15, 0.2) is 18.3 Å². The second-order valence-corrected chi connectivity index (χ2v) is 11.0. The maximum atomic E-state index is 13.4. The van der Waals surface area contributed by atoms with Crippen molar-refractivity contribution in [2.24, 2.45) is 11.1 Å². The number of halogens is 1. The first-order chi connectivity index (χ1) is 16.9. The number of Topliss-reactive ketones (excluding diaryl/α,β-unsaturated/α-hetero) is 1. The van der Waals surface area contributed by atoms with Gasteiger partial charge < -0.3 is 26.0 Å². The molecule has 3 unspecified atom stereocenters. The third-order valence-electron chi connectivity index (χ3n) is 6.38. The van der Waals surface area contributed by atoms with Crippen molar-refractivity contribution in [2.75, 3.05) is 6.54 Å². The predicted molar refractivity (Wildman–Crippen MR) is 134 cm³/mol. The quantitative estimate of drug-likeness (QED) is 0.396. The number of aromatic nitrogens is 1. The molecule has 2 fully saturated rings. The van der Waals surface area contributed by atoms with Crippen molar-refractivity contribution in [2.45, 2.75) is 90.1 Å². The van der Waals surface area contributed by atoms with E-state index in [1.165, 1.54) is 11.1 Å². The number of hydrogen-bond acceptors (Lipinski definition) is 7. The molecule has 0 bridgehead atoms. The molecule has 1 aliphatic heterocycles. The molecule has 3 amide bonds. The number of nitrogens with zero attached hydrogens (tertiary/aromatic N) is 2. The summed E-state index contributed by atoms with van der Waals surface area (Å²) in [6.07, 6.45) is 3.69. The van der Waals surface area contributed by atoms with Gasteiger partial charge in [-0.25, -0.2) is 4.98 Å². The van der Waals surface area contributed by atoms with E-state index in [1.807, 2.05) is 27.7 Å². The van der Waals surface area contributed by atoms with Crippen LogP contribution in [0.2, 0.25) is 5.02 Å². The summed E-state index contributed by atoms with van der Waals surface area (Å²) in [7, 11) is 0. The number of likely N-dealkylation sites (tertiary alicyclic amines) is 1. The maximum absolute atomic E-state index is 13.4. The van der Waals surface area contributed by atoms with Gasteiger partial charge in [0.2, 0.25) is 23.5 Å². The highest BCUT2D eigenvalue weighted by Crippen LogP contribution is 2.27. The minimum atomic E-state index is -0.979. The molecule has 0 radical (unpaired) electrons. The lowest BCUT2D eigenvalue weighted by molar-refractivity contribution is -0.143. The third kappa shape index (κ3) is 7.16. The Labute approximate surface area is 216 Å². The first-order valence-electron chi connectivity index (χ1n) is 12.4. The Hall–Kier alpha value is -2.72. The van der Waals surface area contributed by atoms with E-state index in [0.29, 0.717) is 23.7 Å². The lowest BCUT2D eigenvalue weighted by atomic mass is 9.86. The van der Waals surface area contributed by atoms with E-state index in [1.54, 1.807) is 12.1 Å². The molecule has 4 N–H and O–H groups in total. The number of nitrogens with one attached hydrogen (secondary N) is 2. The van der Waals surface area contributed by atoms with E-state index >= 15 is 0 Å². The van der Waals surface area contributed by atoms with Crippen LogP contribution in [-0.2, 0) is 19.2 Å². The van der Waals surface area contributed by atoms with Crippen molar-refractivity contribution in [1.29, 1.82) is 0 Å². The first kappa shape index (κ1) is 27.9. The van der Waals surface area contributed by atoms with Crippen LogP contribution in [0.4, 0.5) is 0 Å². The van der Waals surface area contributed by atoms with Crippen molar-refractivity contribution in [3.8, 4) is 5.88 Å². The van der Waals surface area contributed by atoms with Crippen molar-refractivity contribution in [3.63, 3.8) is 0 Å². The SMILES string of the molecule is CCC[C@@H](NC(=O)C1CC(Oc2ccc(Cl)cn2)CN1C(=O)C(N)C(C)(C)C)C(=O)C(=O)NC1CC1. The summed E-state index contributed by atoms with van der Waals surface area (Å²) in [5.74, 6) is -1.97. The molecule has 36 heavy (non-hydrogen) atoms. The fourth-order valence-corrected chi connectivity index (χ4v) is 4.11. The molecule has 1 aromatic rings. The number of carbonyl (C=O) groups excluding carboxylic acids is 4. The van der Waals surface area contributed by atoms with Crippen molar-refractivity contribution < 1.29 is 23.9 Å². The summed E-state index contributed by atoms with van der Waals surface area (Å²) in [6.45, 7) is 7.53. The number of hydrogen-bond donors (Lipinski definition) is 3. The van der Waals surface area contributed by atoms with E-state index in [4.69, 9.17) is 22.1 Å². The van der Waals surface area contributed by atoms with E-state index < -0.39 is 47.2 Å². The van der Waals surface area contributed by atoms with Gasteiger partial charge in [-0.2, -0.15) is 0 Å². The van der Waals surface area contributed by atoms with Crippen LogP contribution in [0.25, 0.3) is 0 Å². The van der Waals surface area contributed by atoms with Gasteiger partial charge in [0.1, 0.15) is 12.1 Å². The highest BCUT2D eigenvalue weighted by molar-refractivity contribution is 6.38. The van der Waals surface area contributed by atoms with Crippen LogP contribution in [0.1, 0.15) is 59.8 Å². The zero-order chi connectivity index (χ0) is 26.6. The highest BCUT2D eigenvalue weighted by Gasteiger charge is 2.45. The predicted octanol–water partition coefficient (Wildman–Crippen LogP) is 1.59. The lowest BCUT2D eigenvalue weighted by Gasteiger charge is -2.32. The molecule has 11 heteroatoms. The van der Waals surface area contributed by atoms with Crippen LogP contribution >= 0.6 is 11.6 Å². The minimum absolute atomic E-state index is 0.0284. The van der Waals surface area contributed by atoms with Crippen LogP contribution in [-0.4, -0.2) is 70.2 Å². The van der Waals surface area contributed by atoms with Gasteiger partial charge in [-0.15, -0.1) is 0 Å². The number of ketones is 1. The van der Waals surface area contributed by atoms with Crippen LogP contribution in [0.3, 0.4) is 0 Å². The largest absolute Gasteiger partial charge is 0.472 e. The van der Waals surface area contributed by atoms with Gasteiger partial charge in [-0.05, 0) is 30.7 Å². The minimum Gasteiger partial charge on any atom is -0.472 e. The second-order valence-electron chi connectivity index (χ2n) is 10.6. The normalized spacial score (nSPS) is 21.4. The van der Waals surface area contributed by atoms with Crippen molar-refractivity contribution in [3.05, 3.63) is 23.4 Å². The van der Waals surface area contributed by atoms with Gasteiger partial charge in [0.05, 0.1) is 23.7 Å². The van der Waals surface area contributed by atoms with Gasteiger partial charge in [-0.3, -0.25) is 19.2 Å². The summed E-state index contributed by atoms with van der Waals surface area (Å²) in [5, 5.41) is 5.85. The Kier molecular flexibility index (Phi) is 8.94. The first-order valence-corrected chi connectivity index (χ1v) is 12.8. The molecule has 10 nitrogen and oxygen atoms in total. The fraction of sp³-hybridized carbons (Fsp3) is 0.640. The molecule has 0 aromatic carbocycles. The van der Waals surface area contributed by atoms with E-state index in [0.717, 1.165) is 12.8 Å². The average Bonchev–Trinajstić information content (AvgIpc) is 3.54. The van der Waals surface area contributed by atoms with Crippen LogP contribution in [0.5, 0.6) is 5.88 Å². The van der Waals surface area contributed by atoms with Gasteiger partial charge in [0.25, 0.3) is 5.91 Å². The Balaban J connectivity index is 1.77. The van der Waals surface area contributed by atoms with Gasteiger partial charge in [0, 0.05) is 24.7 Å². The number of rotatable bonds is 10. The molecule has 1 aromatic heterocycles. The molecule has 1 saturated carbocycles. The van der Waals surface area contributed by atoms with E-state index in [-0.39, 0.29) is 24.9 Å². The van der Waals surface area contributed by atoms with E-state index in [9.17, 15) is 19.2 Å². The Morgan fingerprint density at radius 3 is 2.50 bits per heavy atom. The fourth-order valence-electron chi connectivity index (χ4n) is 3.99. The lowest BCUT2D eigenvalue weighted by Crippen LogP contribution is -2.57. The van der Waals surface area contributed by atoms with Crippen LogP contribution in [0, 0.1) is 5.41 Å². The van der Waals surface area contributed by atoms with Crippen molar-refractivity contribution >= 4 is 35.1 Å². The average molecular weight is 522 g/mol. The molecule has 198 valence electrons. The van der Waals surface area contributed by atoms with Crippen LogP contribution < -0.4 is 21.1 Å². The summed E-state index contributed by atoms with van der Waals surface area (Å²) in [6, 6.07) is 0.527. The highest BCUT2D eigenvalue weighted by atomic mass is 35.5. The van der Waals surface area contributed by atoms with Crippen molar-refractivity contribution in [1.82, 2.24) is 20.5 Å². The zero-order valence-corrected chi connectivity index (χ0v) is 22.0. The Morgan fingerprint density at radius 1 is 1.25 bits per heavy atom. The summed E-state index contributed by atoms with van der Waals surface area (Å²) in [4.78, 5) is 57.4. The maximum Gasteiger partial charge on any atom is 0.289 e. The van der Waals surface area contributed by atoms with Gasteiger partial charge in [-0.1, -0.05) is 45.7 Å². The molecule has 1 saturated heterocycles. The topological polar surface area (TPSA) is 144 Å². The molecule has 4 atom stereocenters. The van der Waals surface area contributed by atoms with Gasteiger partial charge in [0.15, 0.2) is 0 Å². The monoisotopic (exact) mass is 521 g/mol. The summed E-state index contributed by atoms with van der Waals surface area (Å²) >= 11 is 5.89. The molecular weight excluding hydrogens is 486 g/mol. The number of carbonyl (C=O) groups is 4. The zero-order valence-electron chi connectivity index (χ0n) is 21.3. The molecular formula is C25H36ClN5O5. The molecule has 1 aliphatic carbocycles. The Morgan fingerprint density at radius 2 is 1.94 bits per heavy atom. The van der Waals surface area contributed by atoms with Gasteiger partial charge >= 0.3 is 0 Å². The number of amides is 3. The van der Waals surface area contributed by atoms with E-state index in [2.05, 4.69) is 15.6 Å². The molecule has 2 aliphatic rings. The second kappa shape index (κ2) is 11.6. The third-order valence-corrected chi connectivity index (χ3v) is 6.61. The Bertz CT molecular complexity index is 976.